The fourth-order valence-corrected chi connectivity index (χ4v) is 1.66. The Kier molecular flexibility index (Phi) is 4.51. The van der Waals surface area contributed by atoms with Crippen molar-refractivity contribution in [3.8, 4) is 11.8 Å². The standard InChI is InChI=1S/C14H18FNO/c1-4-5-12-10-11(8-9-16)6-7-13(12)17-14(2,3)15/h6-7,10H,4-5,8H2,1-3H3. The third kappa shape index (κ3) is 4.44. The molecule has 0 atom stereocenters. The highest BCUT2D eigenvalue weighted by molar-refractivity contribution is 5.38. The lowest BCUT2D eigenvalue weighted by molar-refractivity contribution is -0.0264. The van der Waals surface area contributed by atoms with Crippen LogP contribution < -0.4 is 4.74 Å². The van der Waals surface area contributed by atoms with Gasteiger partial charge in [0.25, 0.3) is 0 Å². The summed E-state index contributed by atoms with van der Waals surface area (Å²) in [5.74, 6) is -1.11. The van der Waals surface area contributed by atoms with E-state index in [1.807, 2.05) is 12.1 Å². The van der Waals surface area contributed by atoms with E-state index in [4.69, 9.17) is 10.00 Å². The maximum Gasteiger partial charge on any atom is 0.242 e. The number of aryl methyl sites for hydroxylation is 1. The number of alkyl halides is 1. The Hall–Kier alpha value is -1.56. The van der Waals surface area contributed by atoms with Crippen molar-refractivity contribution in [3.05, 3.63) is 29.3 Å². The Morgan fingerprint density at radius 3 is 2.65 bits per heavy atom. The first-order chi connectivity index (χ1) is 7.96. The van der Waals surface area contributed by atoms with E-state index in [0.29, 0.717) is 12.2 Å². The first kappa shape index (κ1) is 13.5. The smallest absolute Gasteiger partial charge is 0.242 e. The Labute approximate surface area is 102 Å². The maximum absolute atomic E-state index is 13.5. The second-order valence-corrected chi connectivity index (χ2v) is 4.49. The molecular weight excluding hydrogens is 217 g/mol. The molecule has 0 heterocycles. The number of rotatable bonds is 5. The second-order valence-electron chi connectivity index (χ2n) is 4.49. The first-order valence-corrected chi connectivity index (χ1v) is 5.83. The third-order valence-electron chi connectivity index (χ3n) is 2.28. The topological polar surface area (TPSA) is 33.0 Å². The van der Waals surface area contributed by atoms with E-state index < -0.39 is 5.85 Å². The Morgan fingerprint density at radius 2 is 2.12 bits per heavy atom. The molecule has 0 saturated carbocycles. The van der Waals surface area contributed by atoms with Crippen molar-refractivity contribution in [2.45, 2.75) is 45.9 Å². The fourth-order valence-electron chi connectivity index (χ4n) is 1.66. The van der Waals surface area contributed by atoms with Gasteiger partial charge in [-0.3, -0.25) is 0 Å². The van der Waals surface area contributed by atoms with Crippen LogP contribution >= 0.6 is 0 Å². The van der Waals surface area contributed by atoms with Crippen LogP contribution in [0.5, 0.6) is 5.75 Å². The molecule has 0 amide bonds. The van der Waals surface area contributed by atoms with E-state index in [0.717, 1.165) is 24.0 Å². The third-order valence-corrected chi connectivity index (χ3v) is 2.28. The van der Waals surface area contributed by atoms with Crippen molar-refractivity contribution in [2.24, 2.45) is 0 Å². The number of nitriles is 1. The van der Waals surface area contributed by atoms with E-state index in [1.54, 1.807) is 6.07 Å². The summed E-state index contributed by atoms with van der Waals surface area (Å²) in [4.78, 5) is 0. The predicted octanol–water partition coefficient (Wildman–Crippen LogP) is 3.79. The maximum atomic E-state index is 13.5. The van der Waals surface area contributed by atoms with Gasteiger partial charge in [0.15, 0.2) is 0 Å². The minimum atomic E-state index is -1.68. The van der Waals surface area contributed by atoms with Crippen LogP contribution in [0.4, 0.5) is 4.39 Å². The molecule has 0 unspecified atom stereocenters. The predicted molar refractivity (Wildman–Crippen MR) is 65.6 cm³/mol. The summed E-state index contributed by atoms with van der Waals surface area (Å²) in [6.45, 7) is 4.82. The normalized spacial score (nSPS) is 11.0. The summed E-state index contributed by atoms with van der Waals surface area (Å²) in [7, 11) is 0. The summed E-state index contributed by atoms with van der Waals surface area (Å²) in [6.07, 6.45) is 2.15. The van der Waals surface area contributed by atoms with Crippen LogP contribution in [0, 0.1) is 11.3 Å². The molecule has 0 aliphatic rings. The quantitative estimate of drug-likeness (QED) is 0.777. The van der Waals surface area contributed by atoms with Crippen molar-refractivity contribution >= 4 is 0 Å². The second kappa shape index (κ2) is 5.67. The van der Waals surface area contributed by atoms with Crippen molar-refractivity contribution in [1.82, 2.24) is 0 Å². The van der Waals surface area contributed by atoms with Crippen LogP contribution in [0.2, 0.25) is 0 Å². The molecule has 92 valence electrons. The molecule has 1 aromatic carbocycles. The summed E-state index contributed by atoms with van der Waals surface area (Å²) in [5, 5.41) is 8.65. The SMILES string of the molecule is CCCc1cc(CC#N)ccc1OC(C)(C)F. The zero-order valence-corrected chi connectivity index (χ0v) is 10.6. The summed E-state index contributed by atoms with van der Waals surface area (Å²) in [6, 6.07) is 7.59. The molecule has 2 nitrogen and oxygen atoms in total. The molecule has 1 aromatic rings. The lowest BCUT2D eigenvalue weighted by atomic mass is 10.0. The Morgan fingerprint density at radius 1 is 1.41 bits per heavy atom. The van der Waals surface area contributed by atoms with E-state index >= 15 is 0 Å². The molecule has 0 aromatic heterocycles. The molecule has 0 spiro atoms. The number of hydrogen-bond donors (Lipinski definition) is 0. The number of halogens is 1. The van der Waals surface area contributed by atoms with Gasteiger partial charge in [0.1, 0.15) is 5.75 Å². The van der Waals surface area contributed by atoms with E-state index in [-0.39, 0.29) is 0 Å². The van der Waals surface area contributed by atoms with Gasteiger partial charge >= 0.3 is 0 Å². The summed E-state index contributed by atoms with van der Waals surface area (Å²) < 4.78 is 18.7. The molecular formula is C14H18FNO. The number of benzene rings is 1. The Bertz CT molecular complexity index is 415. The van der Waals surface area contributed by atoms with Crippen molar-refractivity contribution < 1.29 is 9.13 Å². The lowest BCUT2D eigenvalue weighted by Gasteiger charge is -2.20. The van der Waals surface area contributed by atoms with Crippen LogP contribution in [-0.2, 0) is 12.8 Å². The van der Waals surface area contributed by atoms with Crippen LogP contribution in [0.3, 0.4) is 0 Å². The molecule has 0 N–H and O–H groups in total. The van der Waals surface area contributed by atoms with Gasteiger partial charge in [-0.1, -0.05) is 25.5 Å². The molecule has 3 heteroatoms. The van der Waals surface area contributed by atoms with Crippen molar-refractivity contribution in [1.29, 1.82) is 5.26 Å². The van der Waals surface area contributed by atoms with E-state index in [9.17, 15) is 4.39 Å². The van der Waals surface area contributed by atoms with Crippen LogP contribution in [0.25, 0.3) is 0 Å². The highest BCUT2D eigenvalue weighted by Gasteiger charge is 2.18. The summed E-state index contributed by atoms with van der Waals surface area (Å²) >= 11 is 0. The molecule has 0 radical (unpaired) electrons. The van der Waals surface area contributed by atoms with Crippen molar-refractivity contribution in [3.63, 3.8) is 0 Å². The van der Waals surface area contributed by atoms with Gasteiger partial charge in [-0.25, -0.2) is 0 Å². The van der Waals surface area contributed by atoms with Crippen LogP contribution in [0.1, 0.15) is 38.3 Å². The minimum absolute atomic E-state index is 0.371. The number of nitrogens with zero attached hydrogens (tertiary/aromatic N) is 1. The molecule has 0 fully saturated rings. The highest BCUT2D eigenvalue weighted by atomic mass is 19.2. The molecule has 0 aliphatic carbocycles. The molecule has 0 aliphatic heterocycles. The van der Waals surface area contributed by atoms with Gasteiger partial charge in [-0.05, 0) is 23.6 Å². The van der Waals surface area contributed by atoms with Gasteiger partial charge in [0.05, 0.1) is 12.5 Å². The lowest BCUT2D eigenvalue weighted by Crippen LogP contribution is -2.21. The average Bonchev–Trinajstić information content (AvgIpc) is 2.21. The van der Waals surface area contributed by atoms with Crippen LogP contribution in [0.15, 0.2) is 18.2 Å². The first-order valence-electron chi connectivity index (χ1n) is 5.83. The van der Waals surface area contributed by atoms with Gasteiger partial charge < -0.3 is 4.74 Å². The zero-order chi connectivity index (χ0) is 12.9. The zero-order valence-electron chi connectivity index (χ0n) is 10.6. The average molecular weight is 235 g/mol. The van der Waals surface area contributed by atoms with Crippen molar-refractivity contribution in [2.75, 3.05) is 0 Å². The summed E-state index contributed by atoms with van der Waals surface area (Å²) in [5.41, 5.74) is 1.91. The monoisotopic (exact) mass is 235 g/mol. The van der Waals surface area contributed by atoms with E-state index in [2.05, 4.69) is 13.0 Å². The van der Waals surface area contributed by atoms with Gasteiger partial charge in [0.2, 0.25) is 5.85 Å². The fraction of sp³-hybridized carbons (Fsp3) is 0.500. The molecule has 1 rings (SSSR count). The van der Waals surface area contributed by atoms with Crippen LogP contribution in [-0.4, -0.2) is 5.85 Å². The highest BCUT2D eigenvalue weighted by Crippen LogP contribution is 2.26. The van der Waals surface area contributed by atoms with Gasteiger partial charge in [-0.15, -0.1) is 0 Å². The van der Waals surface area contributed by atoms with Gasteiger partial charge in [-0.2, -0.15) is 9.65 Å². The molecule has 0 saturated heterocycles. The molecule has 0 bridgehead atoms. The number of hydrogen-bond acceptors (Lipinski definition) is 2. The van der Waals surface area contributed by atoms with Gasteiger partial charge in [0, 0.05) is 13.8 Å². The minimum Gasteiger partial charge on any atom is -0.458 e. The van der Waals surface area contributed by atoms with E-state index in [1.165, 1.54) is 13.8 Å². The largest absolute Gasteiger partial charge is 0.458 e. The number of ether oxygens (including phenoxy) is 1. The molecule has 17 heavy (non-hydrogen) atoms. The Balaban J connectivity index is 3.00.